The van der Waals surface area contributed by atoms with E-state index < -0.39 is 0 Å². The fourth-order valence-electron chi connectivity index (χ4n) is 5.30. The molecule has 5 aromatic carbocycles. The van der Waals surface area contributed by atoms with Crippen LogP contribution in [0, 0.1) is 0 Å². The van der Waals surface area contributed by atoms with E-state index in [0.29, 0.717) is 27.3 Å². The molecule has 4 nitrogen and oxygen atoms in total. The monoisotopic (exact) mass is 575 g/mol. The van der Waals surface area contributed by atoms with Gasteiger partial charge in [-0.05, 0) is 0 Å². The van der Waals surface area contributed by atoms with E-state index in [1.54, 1.807) is 23.9 Å². The zero-order valence-corrected chi connectivity index (χ0v) is 22.3. The molecule has 180 valence electrons. The number of hydrogen-bond donors (Lipinski definition) is 0. The van der Waals surface area contributed by atoms with Crippen LogP contribution in [0.3, 0.4) is 0 Å². The third-order valence-electron chi connectivity index (χ3n) is 7.05. The number of anilines is 3. The van der Waals surface area contributed by atoms with Crippen molar-refractivity contribution in [2.45, 2.75) is 9.79 Å². The average molecular weight is 575 g/mol. The van der Waals surface area contributed by atoms with Crippen LogP contribution in [-0.4, -0.2) is 14.5 Å². The van der Waals surface area contributed by atoms with Crippen LogP contribution < -0.4 is 15.8 Å². The molecule has 8 rings (SSSR count). The Balaban J connectivity index is 1.46. The molecule has 2 aromatic heterocycles. The van der Waals surface area contributed by atoms with Crippen molar-refractivity contribution in [1.82, 2.24) is 0 Å². The molecule has 38 heavy (non-hydrogen) atoms. The van der Waals surface area contributed by atoms with Gasteiger partial charge < -0.3 is 0 Å². The molecule has 7 aromatic rings. The average Bonchev–Trinajstić information content (AvgIpc) is 2.95. The van der Waals surface area contributed by atoms with Crippen molar-refractivity contribution in [3.63, 3.8) is 0 Å². The summed E-state index contributed by atoms with van der Waals surface area (Å²) in [6.45, 7) is 0. The molecule has 0 spiro atoms. The Morgan fingerprint density at radius 2 is 1.21 bits per heavy atom. The van der Waals surface area contributed by atoms with Crippen LogP contribution in [0.4, 0.5) is 17.1 Å². The Morgan fingerprint density at radius 3 is 2.00 bits per heavy atom. The van der Waals surface area contributed by atoms with Crippen LogP contribution in [0.1, 0.15) is 0 Å². The number of fused-ring (bicyclic) bond motifs is 6. The van der Waals surface area contributed by atoms with Crippen molar-refractivity contribution in [1.29, 1.82) is 0 Å². The minimum atomic E-state index is -0.127. The first kappa shape index (κ1) is 21.9. The normalized spacial score (nSPS) is 12.8. The molecule has 0 atom stereocenters. The third-order valence-corrected chi connectivity index (χ3v) is 10.6. The van der Waals surface area contributed by atoms with Gasteiger partial charge in [0.1, 0.15) is 0 Å². The topological polar surface area (TPSA) is 50.5 Å². The number of benzene rings is 5. The van der Waals surface area contributed by atoms with Crippen molar-refractivity contribution in [3.8, 4) is 0 Å². The van der Waals surface area contributed by atoms with Gasteiger partial charge in [0.25, 0.3) is 0 Å². The van der Waals surface area contributed by atoms with Crippen molar-refractivity contribution in [2.75, 3.05) is 4.90 Å². The predicted molar refractivity (Wildman–Crippen MR) is 157 cm³/mol. The zero-order chi connectivity index (χ0) is 25.4. The summed E-state index contributed by atoms with van der Waals surface area (Å²) < 4.78 is 8.58. The molecular weight excluding hydrogens is 557 g/mol. The zero-order valence-electron chi connectivity index (χ0n) is 19.8. The summed E-state index contributed by atoms with van der Waals surface area (Å²) in [6.07, 6.45) is 0. The van der Waals surface area contributed by atoms with Gasteiger partial charge in [-0.15, -0.1) is 0 Å². The molecular formula is C32H17NO3SSe. The fourth-order valence-corrected chi connectivity index (χ4v) is 8.63. The summed E-state index contributed by atoms with van der Waals surface area (Å²) in [6, 6.07) is 33.6. The van der Waals surface area contributed by atoms with Gasteiger partial charge in [0, 0.05) is 0 Å². The summed E-state index contributed by atoms with van der Waals surface area (Å²) in [7, 11) is 0. The first-order valence-electron chi connectivity index (χ1n) is 12.2. The maximum atomic E-state index is 13.9. The molecule has 0 unspecified atom stereocenters. The van der Waals surface area contributed by atoms with E-state index in [1.165, 1.54) is 0 Å². The number of nitrogens with zero attached hydrogens (tertiary/aromatic N) is 1. The maximum absolute atomic E-state index is 13.9. The van der Waals surface area contributed by atoms with Gasteiger partial charge in [-0.2, -0.15) is 0 Å². The first-order chi connectivity index (χ1) is 18.7. The summed E-state index contributed by atoms with van der Waals surface area (Å²) in [5, 5.41) is 2.27. The molecule has 1 aliphatic rings. The standard InChI is InChI=1S/C32H17NO3SSe/c34-30-18-8-1-6-15-28(18)38-29-17-25-20(16-21(29)30)31(35)19-9-7-12-24(32(19)36-25)33-22-10-2-4-13-26(22)37-27-14-5-3-11-23(27)33/h1-17H. The third kappa shape index (κ3) is 3.12. The Kier molecular flexibility index (Phi) is 4.74. The van der Waals surface area contributed by atoms with Crippen molar-refractivity contribution >= 4 is 84.6 Å². The summed E-state index contributed by atoms with van der Waals surface area (Å²) in [5.41, 5.74) is 3.79. The quantitative estimate of drug-likeness (QED) is 0.149. The van der Waals surface area contributed by atoms with E-state index >= 15 is 0 Å². The Morgan fingerprint density at radius 1 is 0.579 bits per heavy atom. The second-order valence-corrected chi connectivity index (χ2v) is 12.6. The van der Waals surface area contributed by atoms with Gasteiger partial charge >= 0.3 is 227 Å². The molecule has 3 heterocycles. The molecule has 0 fully saturated rings. The van der Waals surface area contributed by atoms with Crippen LogP contribution in [0.2, 0.25) is 0 Å². The van der Waals surface area contributed by atoms with Crippen molar-refractivity contribution < 1.29 is 4.42 Å². The van der Waals surface area contributed by atoms with E-state index in [0.717, 1.165) is 40.8 Å². The second kappa shape index (κ2) is 8.20. The van der Waals surface area contributed by atoms with Gasteiger partial charge in [-0.3, -0.25) is 0 Å². The van der Waals surface area contributed by atoms with Crippen LogP contribution >= 0.6 is 11.8 Å². The summed E-state index contributed by atoms with van der Waals surface area (Å²) in [4.78, 5) is 31.6. The summed E-state index contributed by atoms with van der Waals surface area (Å²) >= 11 is 1.69. The number of para-hydroxylation sites is 3. The Labute approximate surface area is 226 Å². The molecule has 0 radical (unpaired) electrons. The van der Waals surface area contributed by atoms with Gasteiger partial charge in [-0.25, -0.2) is 0 Å². The van der Waals surface area contributed by atoms with Gasteiger partial charge in [0.15, 0.2) is 0 Å². The fraction of sp³-hybridized carbons (Fsp3) is 0. The molecule has 0 N–H and O–H groups in total. The van der Waals surface area contributed by atoms with Crippen LogP contribution in [-0.2, 0) is 0 Å². The van der Waals surface area contributed by atoms with Gasteiger partial charge in [-0.1, -0.05) is 0 Å². The van der Waals surface area contributed by atoms with Crippen molar-refractivity contribution in [3.05, 3.63) is 124 Å². The predicted octanol–water partition coefficient (Wildman–Crippen LogP) is 7.60. The van der Waals surface area contributed by atoms with E-state index in [2.05, 4.69) is 29.2 Å². The molecule has 0 aliphatic carbocycles. The van der Waals surface area contributed by atoms with Gasteiger partial charge in [0.2, 0.25) is 0 Å². The van der Waals surface area contributed by atoms with E-state index in [-0.39, 0.29) is 25.4 Å². The molecule has 0 bridgehead atoms. The molecule has 0 saturated heterocycles. The SMILES string of the molecule is O=c1c2ccccc2[se]c2cc3oc4c(N5c6ccccc6Sc6ccccc65)cccc4c(=O)c3cc12. The molecule has 6 heteroatoms. The van der Waals surface area contributed by atoms with E-state index in [9.17, 15) is 9.59 Å². The molecule has 0 amide bonds. The minimum absolute atomic E-state index is 0.0297. The Hall–Kier alpha value is -4.09. The molecule has 0 saturated carbocycles. The molecule has 1 aliphatic heterocycles. The number of rotatable bonds is 1. The number of hydrogen-bond acceptors (Lipinski definition) is 5. The van der Waals surface area contributed by atoms with Crippen LogP contribution in [0.15, 0.2) is 127 Å². The Bertz CT molecular complexity index is 2190. The van der Waals surface area contributed by atoms with Crippen LogP contribution in [0.5, 0.6) is 0 Å². The van der Waals surface area contributed by atoms with E-state index in [4.69, 9.17) is 4.42 Å². The van der Waals surface area contributed by atoms with Crippen molar-refractivity contribution in [2.24, 2.45) is 0 Å². The van der Waals surface area contributed by atoms with Crippen LogP contribution in [0.25, 0.3) is 41.2 Å². The van der Waals surface area contributed by atoms with E-state index in [1.807, 2.05) is 66.7 Å². The second-order valence-electron chi connectivity index (χ2n) is 9.23. The summed E-state index contributed by atoms with van der Waals surface area (Å²) in [5.74, 6) is 0. The van der Waals surface area contributed by atoms with Gasteiger partial charge in [0.05, 0.1) is 0 Å². The first-order valence-corrected chi connectivity index (χ1v) is 14.7.